The van der Waals surface area contributed by atoms with Gasteiger partial charge in [0.25, 0.3) is 0 Å². The molecule has 0 unspecified atom stereocenters. The molecule has 8 aromatic carbocycles. The van der Waals surface area contributed by atoms with E-state index in [4.69, 9.17) is 15.0 Å². The molecule has 4 nitrogen and oxygen atoms in total. The van der Waals surface area contributed by atoms with Gasteiger partial charge in [0.2, 0.25) is 0 Å². The Hall–Kier alpha value is -7.57. The Kier molecular flexibility index (Phi) is 8.95. The van der Waals surface area contributed by atoms with Crippen LogP contribution in [-0.2, 0) is 0 Å². The number of hydrogen-bond acceptors (Lipinski definition) is 3. The molecule has 0 fully saturated rings. The predicted octanol–water partition coefficient (Wildman–Crippen LogP) is 13.9. The second-order valence-electron chi connectivity index (χ2n) is 14.9. The van der Waals surface area contributed by atoms with E-state index in [-0.39, 0.29) is 0 Å². The highest BCUT2D eigenvalue weighted by atomic mass is 19.1. The summed E-state index contributed by atoms with van der Waals surface area (Å²) in [5, 5.41) is 2.13. The maximum absolute atomic E-state index is 14.8. The average Bonchev–Trinajstić information content (AvgIpc) is 3.59. The predicted molar refractivity (Wildman–Crippen MR) is 236 cm³/mol. The van der Waals surface area contributed by atoms with Crippen molar-refractivity contribution in [1.82, 2.24) is 19.5 Å². The third-order valence-electron chi connectivity index (χ3n) is 11.1. The molecule has 10 rings (SSSR count). The van der Waals surface area contributed by atoms with Gasteiger partial charge >= 0.3 is 0 Å². The van der Waals surface area contributed by atoms with E-state index in [1.807, 2.05) is 78.9 Å². The molecule has 2 aromatic heterocycles. The lowest BCUT2D eigenvalue weighted by molar-refractivity contribution is 0.584. The van der Waals surface area contributed by atoms with Crippen LogP contribution in [0.15, 0.2) is 182 Å². The van der Waals surface area contributed by atoms with Crippen LogP contribution in [-0.4, -0.2) is 19.5 Å². The first kappa shape index (κ1) is 35.8. The molecular formula is C53H36F2N4. The minimum Gasteiger partial charge on any atom is -0.308 e. The van der Waals surface area contributed by atoms with Crippen molar-refractivity contribution in [2.75, 3.05) is 0 Å². The number of aryl methyl sites for hydroxylation is 2. The summed E-state index contributed by atoms with van der Waals surface area (Å²) in [6, 6.07) is 59.2. The molecule has 0 amide bonds. The number of hydrogen-bond donors (Lipinski definition) is 0. The zero-order valence-corrected chi connectivity index (χ0v) is 32.4. The van der Waals surface area contributed by atoms with Crippen LogP contribution in [0.25, 0.3) is 95.0 Å². The fourth-order valence-corrected chi connectivity index (χ4v) is 8.15. The van der Waals surface area contributed by atoms with Crippen molar-refractivity contribution in [3.8, 4) is 73.2 Å². The molecular weight excluding hydrogens is 731 g/mol. The Morgan fingerprint density at radius 2 is 0.814 bits per heavy atom. The van der Waals surface area contributed by atoms with Crippen molar-refractivity contribution in [1.29, 1.82) is 0 Å². The maximum atomic E-state index is 14.8. The van der Waals surface area contributed by atoms with E-state index in [0.29, 0.717) is 28.6 Å². The van der Waals surface area contributed by atoms with Crippen LogP contribution in [0, 0.1) is 25.5 Å². The number of fused-ring (bicyclic) bond motifs is 3. The summed E-state index contributed by atoms with van der Waals surface area (Å²) < 4.78 is 31.8. The molecule has 0 aliphatic carbocycles. The number of benzene rings is 8. The molecule has 6 heteroatoms. The summed E-state index contributed by atoms with van der Waals surface area (Å²) in [6.07, 6.45) is 0. The first-order chi connectivity index (χ1) is 28.9. The Bertz CT molecular complexity index is 3030. The molecule has 2 heterocycles. The Balaban J connectivity index is 1.30. The minimum atomic E-state index is -0.646. The molecule has 0 saturated carbocycles. The number of aromatic nitrogens is 4. The van der Waals surface area contributed by atoms with Gasteiger partial charge in [-0.3, -0.25) is 0 Å². The normalized spacial score (nSPS) is 11.4. The van der Waals surface area contributed by atoms with E-state index >= 15 is 0 Å². The molecule has 0 bridgehead atoms. The second kappa shape index (κ2) is 14.7. The van der Waals surface area contributed by atoms with Crippen LogP contribution in [0.5, 0.6) is 0 Å². The van der Waals surface area contributed by atoms with E-state index in [0.717, 1.165) is 72.5 Å². The minimum absolute atomic E-state index is 0.422. The van der Waals surface area contributed by atoms with Crippen LogP contribution >= 0.6 is 0 Å². The van der Waals surface area contributed by atoms with Gasteiger partial charge in [-0.2, -0.15) is 0 Å². The van der Waals surface area contributed by atoms with Crippen LogP contribution < -0.4 is 0 Å². The smallest absolute Gasteiger partial charge is 0.166 e. The summed E-state index contributed by atoms with van der Waals surface area (Å²) in [7, 11) is 0. The first-order valence-electron chi connectivity index (χ1n) is 19.6. The van der Waals surface area contributed by atoms with Gasteiger partial charge in [0, 0.05) is 33.5 Å². The Morgan fingerprint density at radius 3 is 1.32 bits per heavy atom. The van der Waals surface area contributed by atoms with Crippen LogP contribution in [0.1, 0.15) is 11.1 Å². The summed E-state index contributed by atoms with van der Waals surface area (Å²) in [5.41, 5.74) is 13.1. The van der Waals surface area contributed by atoms with Crippen LogP contribution in [0.2, 0.25) is 0 Å². The highest BCUT2D eigenvalue weighted by Crippen LogP contribution is 2.41. The number of rotatable bonds is 7. The molecule has 0 atom stereocenters. The summed E-state index contributed by atoms with van der Waals surface area (Å²) in [4.78, 5) is 15.2. The highest BCUT2D eigenvalue weighted by molar-refractivity contribution is 6.12. The largest absolute Gasteiger partial charge is 0.308 e. The quantitative estimate of drug-likeness (QED) is 0.162. The van der Waals surface area contributed by atoms with Crippen molar-refractivity contribution < 1.29 is 8.78 Å². The van der Waals surface area contributed by atoms with Gasteiger partial charge < -0.3 is 4.57 Å². The molecule has 0 radical (unpaired) electrons. The molecule has 0 N–H and O–H groups in total. The lowest BCUT2D eigenvalue weighted by Crippen LogP contribution is -2.04. The van der Waals surface area contributed by atoms with E-state index in [1.54, 1.807) is 0 Å². The van der Waals surface area contributed by atoms with E-state index in [2.05, 4.69) is 103 Å². The third-order valence-corrected chi connectivity index (χ3v) is 11.1. The van der Waals surface area contributed by atoms with Crippen LogP contribution in [0.3, 0.4) is 0 Å². The van der Waals surface area contributed by atoms with Gasteiger partial charge in [0.15, 0.2) is 17.5 Å². The lowest BCUT2D eigenvalue weighted by Gasteiger charge is -2.17. The molecule has 0 saturated heterocycles. The summed E-state index contributed by atoms with van der Waals surface area (Å²) in [6.45, 7) is 4.27. The van der Waals surface area contributed by atoms with E-state index in [9.17, 15) is 8.78 Å². The number of halogens is 2. The van der Waals surface area contributed by atoms with Crippen molar-refractivity contribution in [3.05, 3.63) is 205 Å². The fraction of sp³-hybridized carbons (Fsp3) is 0.0377. The molecule has 0 aliphatic rings. The van der Waals surface area contributed by atoms with Gasteiger partial charge in [-0.1, -0.05) is 127 Å². The molecule has 10 aromatic rings. The van der Waals surface area contributed by atoms with Crippen molar-refractivity contribution in [3.63, 3.8) is 0 Å². The first-order valence-corrected chi connectivity index (χ1v) is 19.6. The van der Waals surface area contributed by atoms with Crippen LogP contribution in [0.4, 0.5) is 8.78 Å². The molecule has 282 valence electrons. The van der Waals surface area contributed by atoms with Crippen molar-refractivity contribution in [2.24, 2.45) is 0 Å². The fourth-order valence-electron chi connectivity index (χ4n) is 8.15. The average molecular weight is 767 g/mol. The third kappa shape index (κ3) is 6.64. The topological polar surface area (TPSA) is 43.6 Å². The summed E-state index contributed by atoms with van der Waals surface area (Å²) >= 11 is 0. The molecule has 0 spiro atoms. The highest BCUT2D eigenvalue weighted by Gasteiger charge is 2.22. The molecule has 0 aliphatic heterocycles. The zero-order valence-electron chi connectivity index (χ0n) is 32.4. The lowest BCUT2D eigenvalue weighted by atomic mass is 9.97. The van der Waals surface area contributed by atoms with Gasteiger partial charge in [-0.05, 0) is 107 Å². The Labute approximate surface area is 340 Å². The maximum Gasteiger partial charge on any atom is 0.166 e. The molecule has 59 heavy (non-hydrogen) atoms. The number of nitrogens with zero attached hydrogens (tertiary/aromatic N) is 4. The van der Waals surface area contributed by atoms with Gasteiger partial charge in [-0.25, -0.2) is 23.7 Å². The van der Waals surface area contributed by atoms with Gasteiger partial charge in [0.1, 0.15) is 11.6 Å². The standard InChI is InChI=1S/C53H36F2N4/c1-33-13-9-11-19-43(33)38-22-25-48-46(29-38)47-30-39(44-20-12-10-14-34(44)2)23-26-49(47)59(48)50-31-37(40-27-41(54)32-42(55)28-40)21-24-45(50)53-57-51(35-15-5-3-6-16-35)56-52(58-53)36-17-7-4-8-18-36/h3-32H,1-2H3. The second-order valence-corrected chi connectivity index (χ2v) is 14.9. The van der Waals surface area contributed by atoms with E-state index < -0.39 is 11.6 Å². The van der Waals surface area contributed by atoms with Gasteiger partial charge in [0.05, 0.1) is 16.7 Å². The van der Waals surface area contributed by atoms with Crippen molar-refractivity contribution in [2.45, 2.75) is 13.8 Å². The monoisotopic (exact) mass is 766 g/mol. The van der Waals surface area contributed by atoms with E-state index in [1.165, 1.54) is 23.3 Å². The SMILES string of the molecule is Cc1ccccc1-c1ccc2c(c1)c1cc(-c3ccccc3C)ccc1n2-c1cc(-c2cc(F)cc(F)c2)ccc1-c1nc(-c2ccccc2)nc(-c2ccccc2)n1. The van der Waals surface area contributed by atoms with Gasteiger partial charge in [-0.15, -0.1) is 0 Å². The Morgan fingerprint density at radius 1 is 0.356 bits per heavy atom. The summed E-state index contributed by atoms with van der Waals surface area (Å²) in [5.74, 6) is 0.238. The van der Waals surface area contributed by atoms with Crippen molar-refractivity contribution >= 4 is 21.8 Å². The zero-order chi connectivity index (χ0) is 40.0.